The van der Waals surface area contributed by atoms with Gasteiger partial charge in [0.05, 0.1) is 0 Å². The predicted octanol–water partition coefficient (Wildman–Crippen LogP) is 1.02. The Balaban J connectivity index is 2.27. The summed E-state index contributed by atoms with van der Waals surface area (Å²) in [5, 5.41) is 13.1. The summed E-state index contributed by atoms with van der Waals surface area (Å²) in [5.41, 5.74) is 2.73. The van der Waals surface area contributed by atoms with E-state index in [1.807, 2.05) is 0 Å². The van der Waals surface area contributed by atoms with Gasteiger partial charge in [0.15, 0.2) is 0 Å². The Morgan fingerprint density at radius 2 is 1.95 bits per heavy atom. The maximum absolute atomic E-state index is 12.4. The smallest absolute Gasteiger partial charge is 0.323 e. The van der Waals surface area contributed by atoms with Gasteiger partial charge in [-0.05, 0) is 24.3 Å². The van der Waals surface area contributed by atoms with Crippen LogP contribution >= 0.6 is 11.6 Å². The van der Waals surface area contributed by atoms with Crippen LogP contribution in [0.1, 0.15) is 12.8 Å². The number of amides is 2. The van der Waals surface area contributed by atoms with Gasteiger partial charge >= 0.3 is 5.97 Å². The highest BCUT2D eigenvalue weighted by Crippen LogP contribution is 2.19. The Kier molecular flexibility index (Phi) is 4.54. The molecule has 1 aromatic rings. The van der Waals surface area contributed by atoms with Gasteiger partial charge in [0.2, 0.25) is 5.91 Å². The predicted molar refractivity (Wildman–Crippen MR) is 76.3 cm³/mol. The van der Waals surface area contributed by atoms with Gasteiger partial charge in [-0.3, -0.25) is 19.3 Å². The summed E-state index contributed by atoms with van der Waals surface area (Å²) in [4.78, 5) is 35.4. The molecule has 0 aliphatic carbocycles. The van der Waals surface area contributed by atoms with Crippen molar-refractivity contribution in [1.29, 1.82) is 0 Å². The third-order valence-corrected chi connectivity index (χ3v) is 3.08. The number of aliphatic carboxylic acids is 1. The molecule has 8 heteroatoms. The molecule has 21 heavy (non-hydrogen) atoms. The van der Waals surface area contributed by atoms with E-state index < -0.39 is 18.4 Å². The number of carbonyl (C=O) groups excluding carboxylic acids is 2. The molecule has 1 aliphatic heterocycles. The van der Waals surface area contributed by atoms with Crippen LogP contribution in [0.2, 0.25) is 5.02 Å². The zero-order valence-corrected chi connectivity index (χ0v) is 11.6. The zero-order chi connectivity index (χ0) is 15.4. The summed E-state index contributed by atoms with van der Waals surface area (Å²) in [6.07, 6.45) is 0.320. The van der Waals surface area contributed by atoms with E-state index >= 15 is 0 Å². The molecule has 0 bridgehead atoms. The van der Waals surface area contributed by atoms with Crippen molar-refractivity contribution < 1.29 is 19.5 Å². The lowest BCUT2D eigenvalue weighted by Crippen LogP contribution is -2.42. The summed E-state index contributed by atoms with van der Waals surface area (Å²) >= 11 is 5.78. The molecule has 110 valence electrons. The first-order valence-corrected chi connectivity index (χ1v) is 6.50. The third-order valence-electron chi connectivity index (χ3n) is 2.83. The second-order valence-electron chi connectivity index (χ2n) is 4.35. The maximum Gasteiger partial charge on any atom is 0.323 e. The summed E-state index contributed by atoms with van der Waals surface area (Å²) < 4.78 is 0. The van der Waals surface area contributed by atoms with Crippen molar-refractivity contribution >= 4 is 40.8 Å². The van der Waals surface area contributed by atoms with E-state index in [1.54, 1.807) is 24.3 Å². The number of rotatable bonds is 4. The van der Waals surface area contributed by atoms with Gasteiger partial charge in [-0.15, -0.1) is 0 Å². The lowest BCUT2D eigenvalue weighted by Gasteiger charge is -2.22. The molecule has 0 radical (unpaired) electrons. The highest BCUT2D eigenvalue weighted by atomic mass is 35.5. The fraction of sp³-hybridized carbons (Fsp3) is 0.231. The van der Waals surface area contributed by atoms with Gasteiger partial charge in [0, 0.05) is 23.6 Å². The Labute approximate surface area is 125 Å². The molecule has 0 spiro atoms. The number of carboxylic acid groups (broad SMARTS) is 1. The van der Waals surface area contributed by atoms with Crippen LogP contribution in [0.25, 0.3) is 0 Å². The first-order valence-electron chi connectivity index (χ1n) is 6.12. The van der Waals surface area contributed by atoms with Crippen molar-refractivity contribution in [3.8, 4) is 0 Å². The van der Waals surface area contributed by atoms with Gasteiger partial charge in [-0.25, -0.2) is 5.43 Å². The van der Waals surface area contributed by atoms with Crippen LogP contribution in [0.4, 0.5) is 5.69 Å². The van der Waals surface area contributed by atoms with Gasteiger partial charge in [0.25, 0.3) is 5.91 Å². The Hall–Kier alpha value is -2.41. The van der Waals surface area contributed by atoms with E-state index in [9.17, 15) is 14.4 Å². The second kappa shape index (κ2) is 6.36. The topological polar surface area (TPSA) is 99.1 Å². The molecule has 1 aromatic carbocycles. The number of carboxylic acids is 1. The molecule has 0 saturated heterocycles. The average molecular weight is 310 g/mol. The fourth-order valence-electron chi connectivity index (χ4n) is 1.82. The van der Waals surface area contributed by atoms with Crippen LogP contribution in [0.5, 0.6) is 0 Å². The summed E-state index contributed by atoms with van der Waals surface area (Å²) in [6.45, 7) is -0.507. The monoisotopic (exact) mass is 309 g/mol. The van der Waals surface area contributed by atoms with Gasteiger partial charge in [-0.2, -0.15) is 5.10 Å². The van der Waals surface area contributed by atoms with E-state index in [0.29, 0.717) is 10.7 Å². The Bertz CT molecular complexity index is 612. The van der Waals surface area contributed by atoms with Crippen LogP contribution in [0, 0.1) is 0 Å². The Morgan fingerprint density at radius 3 is 2.48 bits per heavy atom. The summed E-state index contributed by atoms with van der Waals surface area (Å²) in [6, 6.07) is 6.21. The molecule has 0 fully saturated rings. The zero-order valence-electron chi connectivity index (χ0n) is 10.9. The number of nitrogens with zero attached hydrogens (tertiary/aromatic N) is 2. The number of anilines is 1. The molecule has 0 unspecified atom stereocenters. The number of carbonyl (C=O) groups is 3. The van der Waals surface area contributed by atoms with Crippen molar-refractivity contribution in [3.05, 3.63) is 29.3 Å². The highest BCUT2D eigenvalue weighted by molar-refractivity contribution is 6.44. The summed E-state index contributed by atoms with van der Waals surface area (Å²) in [5.74, 6) is -1.98. The Morgan fingerprint density at radius 1 is 1.29 bits per heavy atom. The molecule has 2 N–H and O–H groups in total. The molecule has 1 aliphatic rings. The van der Waals surface area contributed by atoms with Crippen LogP contribution < -0.4 is 10.3 Å². The first kappa shape index (κ1) is 15.0. The number of nitrogens with one attached hydrogen (secondary N) is 1. The molecule has 0 aromatic heterocycles. The molecule has 1 heterocycles. The average Bonchev–Trinajstić information content (AvgIpc) is 2.46. The highest BCUT2D eigenvalue weighted by Gasteiger charge is 2.26. The number of benzene rings is 1. The standard InChI is InChI=1S/C13H12ClN3O4/c14-8-1-3-9(4-2-8)17(7-12(19)20)13(21)10-5-6-11(18)16-15-10/h1-4H,5-7H2,(H,16,18)(H,19,20). The van der Waals surface area contributed by atoms with Crippen LogP contribution in [0.3, 0.4) is 0 Å². The normalized spacial score (nSPS) is 14.1. The molecule has 7 nitrogen and oxygen atoms in total. The minimum absolute atomic E-state index is 0.116. The maximum atomic E-state index is 12.4. The molecule has 0 saturated carbocycles. The SMILES string of the molecule is O=C(O)CN(C(=O)C1=NNC(=O)CC1)c1ccc(Cl)cc1. The van der Waals surface area contributed by atoms with Crippen molar-refractivity contribution in [2.24, 2.45) is 5.10 Å². The lowest BCUT2D eigenvalue weighted by molar-refractivity contribution is -0.136. The fourth-order valence-corrected chi connectivity index (χ4v) is 1.95. The van der Waals surface area contributed by atoms with Crippen molar-refractivity contribution in [2.45, 2.75) is 12.8 Å². The number of hydrogen-bond donors (Lipinski definition) is 2. The van der Waals surface area contributed by atoms with E-state index in [0.717, 1.165) is 4.90 Å². The largest absolute Gasteiger partial charge is 0.480 e. The van der Waals surface area contributed by atoms with Crippen LogP contribution in [-0.4, -0.2) is 35.1 Å². The van der Waals surface area contributed by atoms with Gasteiger partial charge in [-0.1, -0.05) is 11.6 Å². The van der Waals surface area contributed by atoms with E-state index in [1.165, 1.54) is 0 Å². The molecular formula is C13H12ClN3O4. The van der Waals surface area contributed by atoms with Crippen molar-refractivity contribution in [1.82, 2.24) is 5.43 Å². The van der Waals surface area contributed by atoms with Crippen molar-refractivity contribution in [3.63, 3.8) is 0 Å². The lowest BCUT2D eigenvalue weighted by atomic mass is 10.1. The number of halogens is 1. The van der Waals surface area contributed by atoms with Crippen LogP contribution in [0.15, 0.2) is 29.4 Å². The second-order valence-corrected chi connectivity index (χ2v) is 4.79. The summed E-state index contributed by atoms with van der Waals surface area (Å²) in [7, 11) is 0. The molecule has 2 amide bonds. The van der Waals surface area contributed by atoms with E-state index in [2.05, 4.69) is 10.5 Å². The van der Waals surface area contributed by atoms with E-state index in [-0.39, 0.29) is 24.5 Å². The third kappa shape index (κ3) is 3.79. The van der Waals surface area contributed by atoms with E-state index in [4.69, 9.17) is 16.7 Å². The molecule has 2 rings (SSSR count). The first-order chi connectivity index (χ1) is 9.97. The minimum atomic E-state index is -1.15. The molecular weight excluding hydrogens is 298 g/mol. The number of hydrogen-bond acceptors (Lipinski definition) is 4. The minimum Gasteiger partial charge on any atom is -0.480 e. The quantitative estimate of drug-likeness (QED) is 0.867. The van der Waals surface area contributed by atoms with Gasteiger partial charge in [0.1, 0.15) is 12.3 Å². The number of hydrazone groups is 1. The van der Waals surface area contributed by atoms with Crippen molar-refractivity contribution in [2.75, 3.05) is 11.4 Å². The molecule has 0 atom stereocenters. The van der Waals surface area contributed by atoms with Crippen LogP contribution in [-0.2, 0) is 14.4 Å². The van der Waals surface area contributed by atoms with Gasteiger partial charge < -0.3 is 5.11 Å².